The molecule has 17 heavy (non-hydrogen) atoms. The SMILES string of the molecule is CCCN1CON=C1Cc1c(F)cccc1Cl. The molecule has 0 atom stereocenters. The van der Waals surface area contributed by atoms with Gasteiger partial charge >= 0.3 is 0 Å². The van der Waals surface area contributed by atoms with Crippen molar-refractivity contribution in [2.24, 2.45) is 5.16 Å². The van der Waals surface area contributed by atoms with Crippen LogP contribution in [0.5, 0.6) is 0 Å². The first-order chi connectivity index (χ1) is 8.22. The van der Waals surface area contributed by atoms with E-state index in [4.69, 9.17) is 16.4 Å². The van der Waals surface area contributed by atoms with E-state index in [0.717, 1.165) is 18.8 Å². The molecule has 1 aromatic rings. The Bertz CT molecular complexity index is 416. The second kappa shape index (κ2) is 5.36. The van der Waals surface area contributed by atoms with Crippen molar-refractivity contribution in [2.75, 3.05) is 13.3 Å². The lowest BCUT2D eigenvalue weighted by Gasteiger charge is -2.16. The number of hydrogen-bond acceptors (Lipinski definition) is 3. The second-order valence-corrected chi connectivity index (χ2v) is 4.31. The summed E-state index contributed by atoms with van der Waals surface area (Å²) in [4.78, 5) is 7.01. The number of benzene rings is 1. The molecule has 0 aliphatic carbocycles. The van der Waals surface area contributed by atoms with Crippen LogP contribution >= 0.6 is 11.6 Å². The van der Waals surface area contributed by atoms with Gasteiger partial charge < -0.3 is 9.74 Å². The van der Waals surface area contributed by atoms with Crippen LogP contribution in [0.3, 0.4) is 0 Å². The van der Waals surface area contributed by atoms with Crippen LogP contribution in [0.1, 0.15) is 18.9 Å². The van der Waals surface area contributed by atoms with Gasteiger partial charge in [0.25, 0.3) is 0 Å². The van der Waals surface area contributed by atoms with Crippen molar-refractivity contribution in [3.8, 4) is 0 Å². The Morgan fingerprint density at radius 1 is 1.53 bits per heavy atom. The Labute approximate surface area is 105 Å². The number of halogens is 2. The largest absolute Gasteiger partial charge is 0.372 e. The van der Waals surface area contributed by atoms with Gasteiger partial charge in [-0.05, 0) is 18.6 Å². The second-order valence-electron chi connectivity index (χ2n) is 3.91. The van der Waals surface area contributed by atoms with E-state index in [1.54, 1.807) is 12.1 Å². The third-order valence-electron chi connectivity index (χ3n) is 2.64. The maximum absolute atomic E-state index is 13.6. The molecule has 0 saturated carbocycles. The first-order valence-corrected chi connectivity index (χ1v) is 5.97. The summed E-state index contributed by atoms with van der Waals surface area (Å²) in [7, 11) is 0. The molecule has 0 unspecified atom stereocenters. The van der Waals surface area contributed by atoms with E-state index in [1.807, 2.05) is 4.90 Å². The molecule has 1 aliphatic heterocycles. The number of oxime groups is 1. The molecular weight excluding hydrogens is 243 g/mol. The van der Waals surface area contributed by atoms with Crippen LogP contribution in [0, 0.1) is 5.82 Å². The Balaban J connectivity index is 2.15. The molecule has 0 fully saturated rings. The van der Waals surface area contributed by atoms with E-state index in [2.05, 4.69) is 12.1 Å². The zero-order valence-corrected chi connectivity index (χ0v) is 10.4. The lowest BCUT2D eigenvalue weighted by atomic mass is 10.1. The van der Waals surface area contributed by atoms with Crippen LogP contribution in [0.25, 0.3) is 0 Å². The first-order valence-electron chi connectivity index (χ1n) is 5.59. The van der Waals surface area contributed by atoms with Gasteiger partial charge in [0.15, 0.2) is 12.6 Å². The minimum absolute atomic E-state index is 0.302. The Morgan fingerprint density at radius 2 is 2.35 bits per heavy atom. The fraction of sp³-hybridized carbons (Fsp3) is 0.417. The third kappa shape index (κ3) is 2.69. The van der Waals surface area contributed by atoms with Gasteiger partial charge in [-0.1, -0.05) is 29.7 Å². The van der Waals surface area contributed by atoms with Crippen molar-refractivity contribution < 1.29 is 9.23 Å². The summed E-state index contributed by atoms with van der Waals surface area (Å²) < 4.78 is 13.6. The summed E-state index contributed by atoms with van der Waals surface area (Å²) in [6.07, 6.45) is 1.36. The molecule has 0 spiro atoms. The zero-order chi connectivity index (χ0) is 12.3. The predicted molar refractivity (Wildman–Crippen MR) is 65.5 cm³/mol. The van der Waals surface area contributed by atoms with Crippen molar-refractivity contribution in [1.29, 1.82) is 0 Å². The normalized spacial score (nSPS) is 14.8. The van der Waals surface area contributed by atoms with E-state index >= 15 is 0 Å². The van der Waals surface area contributed by atoms with Gasteiger partial charge in [0.05, 0.1) is 0 Å². The molecule has 0 saturated heterocycles. The maximum Gasteiger partial charge on any atom is 0.190 e. The summed E-state index contributed by atoms with van der Waals surface area (Å²) in [5, 5.41) is 4.36. The quantitative estimate of drug-likeness (QED) is 0.827. The highest BCUT2D eigenvalue weighted by Crippen LogP contribution is 2.21. The predicted octanol–water partition coefficient (Wildman–Crippen LogP) is 3.03. The van der Waals surface area contributed by atoms with Crippen molar-refractivity contribution in [3.63, 3.8) is 0 Å². The average Bonchev–Trinajstić information content (AvgIpc) is 2.72. The minimum Gasteiger partial charge on any atom is -0.372 e. The summed E-state index contributed by atoms with van der Waals surface area (Å²) in [5.41, 5.74) is 0.472. The van der Waals surface area contributed by atoms with Gasteiger partial charge in [-0.15, -0.1) is 0 Å². The molecule has 1 heterocycles. The molecule has 0 aromatic heterocycles. The fourth-order valence-electron chi connectivity index (χ4n) is 1.77. The van der Waals surface area contributed by atoms with Crippen LogP contribution in [0.4, 0.5) is 4.39 Å². The van der Waals surface area contributed by atoms with Crippen molar-refractivity contribution in [3.05, 3.63) is 34.6 Å². The Hall–Kier alpha value is -1.29. The van der Waals surface area contributed by atoms with Gasteiger partial charge in [-0.2, -0.15) is 0 Å². The van der Waals surface area contributed by atoms with Gasteiger partial charge in [-0.25, -0.2) is 4.39 Å². The Kier molecular flexibility index (Phi) is 3.84. The smallest absolute Gasteiger partial charge is 0.190 e. The molecule has 3 nitrogen and oxygen atoms in total. The maximum atomic E-state index is 13.6. The van der Waals surface area contributed by atoms with Crippen molar-refractivity contribution in [1.82, 2.24) is 4.90 Å². The highest BCUT2D eigenvalue weighted by molar-refractivity contribution is 6.31. The van der Waals surface area contributed by atoms with E-state index < -0.39 is 0 Å². The molecule has 1 aliphatic rings. The van der Waals surface area contributed by atoms with E-state index in [1.165, 1.54) is 6.07 Å². The summed E-state index contributed by atoms with van der Waals surface area (Å²) in [6.45, 7) is 3.37. The third-order valence-corrected chi connectivity index (χ3v) is 2.99. The monoisotopic (exact) mass is 256 g/mol. The standard InChI is InChI=1S/C12H14ClFN2O/c1-2-6-16-8-17-15-12(16)7-9-10(13)4-3-5-11(9)14/h3-5H,2,6-8H2,1H3. The minimum atomic E-state index is -0.302. The highest BCUT2D eigenvalue weighted by atomic mass is 35.5. The van der Waals surface area contributed by atoms with Gasteiger partial charge in [-0.3, -0.25) is 0 Å². The summed E-state index contributed by atoms with van der Waals surface area (Å²) in [6, 6.07) is 4.68. The van der Waals surface area contributed by atoms with Crippen molar-refractivity contribution in [2.45, 2.75) is 19.8 Å². The number of nitrogens with zero attached hydrogens (tertiary/aromatic N) is 2. The number of rotatable bonds is 4. The van der Waals surface area contributed by atoms with E-state index in [9.17, 15) is 4.39 Å². The average molecular weight is 257 g/mol. The Morgan fingerprint density at radius 3 is 3.06 bits per heavy atom. The number of hydrogen-bond donors (Lipinski definition) is 0. The number of amidine groups is 1. The molecule has 0 radical (unpaired) electrons. The molecule has 1 aromatic carbocycles. The molecule has 92 valence electrons. The van der Waals surface area contributed by atoms with Crippen LogP contribution in [0.15, 0.2) is 23.4 Å². The summed E-state index contributed by atoms with van der Waals surface area (Å²) in [5.74, 6) is 0.433. The van der Waals surface area contributed by atoms with Gasteiger partial charge in [0.2, 0.25) is 0 Å². The lowest BCUT2D eigenvalue weighted by molar-refractivity contribution is 0.110. The van der Waals surface area contributed by atoms with Crippen LogP contribution in [-0.4, -0.2) is 24.0 Å². The zero-order valence-electron chi connectivity index (χ0n) is 9.62. The molecular formula is C12H14ClFN2O. The molecule has 0 bridgehead atoms. The highest BCUT2D eigenvalue weighted by Gasteiger charge is 2.20. The molecule has 2 rings (SSSR count). The summed E-state index contributed by atoms with van der Waals surface area (Å²) >= 11 is 5.98. The van der Waals surface area contributed by atoms with Gasteiger partial charge in [0.1, 0.15) is 5.82 Å². The molecule has 0 amide bonds. The lowest BCUT2D eigenvalue weighted by Crippen LogP contribution is -2.30. The van der Waals surface area contributed by atoms with Crippen LogP contribution in [0.2, 0.25) is 5.02 Å². The van der Waals surface area contributed by atoms with Gasteiger partial charge in [0, 0.05) is 23.6 Å². The molecule has 5 heteroatoms. The van der Waals surface area contributed by atoms with Crippen molar-refractivity contribution >= 4 is 17.4 Å². The molecule has 0 N–H and O–H groups in total. The van der Waals surface area contributed by atoms with E-state index in [-0.39, 0.29) is 5.82 Å². The van der Waals surface area contributed by atoms with Crippen LogP contribution < -0.4 is 0 Å². The topological polar surface area (TPSA) is 24.8 Å². The van der Waals surface area contributed by atoms with Crippen LogP contribution in [-0.2, 0) is 11.3 Å². The van der Waals surface area contributed by atoms with E-state index in [0.29, 0.717) is 23.7 Å². The first kappa shape index (κ1) is 12.2. The fourth-order valence-corrected chi connectivity index (χ4v) is 2.00.